The zero-order valence-electron chi connectivity index (χ0n) is 7.14. The van der Waals surface area contributed by atoms with E-state index in [-0.39, 0.29) is 12.3 Å². The summed E-state index contributed by atoms with van der Waals surface area (Å²) in [5, 5.41) is 0. The second-order valence-corrected chi connectivity index (χ2v) is 3.27. The van der Waals surface area contributed by atoms with Crippen molar-refractivity contribution in [2.75, 3.05) is 7.11 Å². The van der Waals surface area contributed by atoms with E-state index in [4.69, 9.17) is 0 Å². The highest BCUT2D eigenvalue weighted by atomic mass is 19.3. The lowest BCUT2D eigenvalue weighted by Gasteiger charge is -2.44. The molecule has 1 aliphatic carbocycles. The van der Waals surface area contributed by atoms with Gasteiger partial charge in [-0.25, -0.2) is 8.78 Å². The van der Waals surface area contributed by atoms with Crippen LogP contribution in [0.2, 0.25) is 0 Å². The van der Waals surface area contributed by atoms with E-state index in [1.54, 1.807) is 6.92 Å². The van der Waals surface area contributed by atoms with Crippen LogP contribution in [0.25, 0.3) is 0 Å². The molecule has 1 aliphatic rings. The number of hydrogen-bond donors (Lipinski definition) is 0. The Kier molecular flexibility index (Phi) is 2.35. The Labute approximate surface area is 69.9 Å². The number of rotatable bonds is 2. The molecule has 12 heavy (non-hydrogen) atoms. The van der Waals surface area contributed by atoms with Gasteiger partial charge in [0.1, 0.15) is 5.41 Å². The average molecular weight is 178 g/mol. The van der Waals surface area contributed by atoms with Gasteiger partial charge < -0.3 is 4.74 Å². The van der Waals surface area contributed by atoms with Gasteiger partial charge in [-0.05, 0) is 18.8 Å². The quantitative estimate of drug-likeness (QED) is 0.603. The summed E-state index contributed by atoms with van der Waals surface area (Å²) in [6, 6.07) is 0. The van der Waals surface area contributed by atoms with Crippen molar-refractivity contribution in [1.82, 2.24) is 0 Å². The summed E-state index contributed by atoms with van der Waals surface area (Å²) < 4.78 is 29.4. The number of carbonyl (C=O) groups excluding carboxylic acids is 1. The fourth-order valence-corrected chi connectivity index (χ4v) is 1.65. The number of halogens is 2. The Morgan fingerprint density at radius 3 is 2.33 bits per heavy atom. The maximum absolute atomic E-state index is 12.5. The number of hydrogen-bond acceptors (Lipinski definition) is 2. The van der Waals surface area contributed by atoms with Gasteiger partial charge in [0.25, 0.3) is 6.43 Å². The molecule has 1 rings (SSSR count). The number of carbonyl (C=O) groups is 1. The Morgan fingerprint density at radius 1 is 1.67 bits per heavy atom. The number of methoxy groups -OCH3 is 1. The smallest absolute Gasteiger partial charge is 0.317 e. The van der Waals surface area contributed by atoms with E-state index in [1.165, 1.54) is 0 Å². The molecule has 0 aromatic carbocycles. The van der Waals surface area contributed by atoms with Crippen LogP contribution in [0.15, 0.2) is 0 Å². The van der Waals surface area contributed by atoms with Crippen LogP contribution in [0.4, 0.5) is 8.78 Å². The van der Waals surface area contributed by atoms with E-state index < -0.39 is 17.8 Å². The van der Waals surface area contributed by atoms with Crippen LogP contribution >= 0.6 is 0 Å². The van der Waals surface area contributed by atoms with Crippen molar-refractivity contribution in [3.8, 4) is 0 Å². The first-order valence-electron chi connectivity index (χ1n) is 3.92. The van der Waals surface area contributed by atoms with E-state index in [2.05, 4.69) is 4.74 Å². The minimum absolute atomic E-state index is 0.249. The highest BCUT2D eigenvalue weighted by Gasteiger charge is 2.58. The molecule has 70 valence electrons. The van der Waals surface area contributed by atoms with Gasteiger partial charge >= 0.3 is 5.97 Å². The molecule has 2 nitrogen and oxygen atoms in total. The van der Waals surface area contributed by atoms with Crippen molar-refractivity contribution in [3.63, 3.8) is 0 Å². The number of alkyl halides is 2. The lowest BCUT2D eigenvalue weighted by Crippen LogP contribution is -2.51. The third-order valence-electron chi connectivity index (χ3n) is 2.83. The van der Waals surface area contributed by atoms with Crippen LogP contribution in [0.3, 0.4) is 0 Å². The highest BCUT2D eigenvalue weighted by molar-refractivity contribution is 5.78. The zero-order valence-corrected chi connectivity index (χ0v) is 7.14. The second kappa shape index (κ2) is 2.99. The van der Waals surface area contributed by atoms with Gasteiger partial charge in [0.15, 0.2) is 0 Å². The summed E-state index contributed by atoms with van der Waals surface area (Å²) in [5.41, 5.74) is -1.51. The third-order valence-corrected chi connectivity index (χ3v) is 2.83. The molecule has 0 aromatic heterocycles. The van der Waals surface area contributed by atoms with E-state index in [0.29, 0.717) is 6.42 Å². The Hall–Kier alpha value is -0.670. The summed E-state index contributed by atoms with van der Waals surface area (Å²) in [6.07, 6.45) is -1.67. The summed E-state index contributed by atoms with van der Waals surface area (Å²) in [7, 11) is 1.15. The van der Waals surface area contributed by atoms with Crippen LogP contribution in [0.1, 0.15) is 19.8 Å². The molecule has 4 heteroatoms. The van der Waals surface area contributed by atoms with E-state index in [1.807, 2.05) is 0 Å². The largest absolute Gasteiger partial charge is 0.468 e. The molecule has 0 heterocycles. The predicted octanol–water partition coefficient (Wildman–Crippen LogP) is 1.84. The molecule has 0 bridgehead atoms. The summed E-state index contributed by atoms with van der Waals surface area (Å²) in [4.78, 5) is 11.1. The monoisotopic (exact) mass is 178 g/mol. The normalized spacial score (nSPS) is 34.6. The molecule has 2 unspecified atom stereocenters. The number of esters is 1. The van der Waals surface area contributed by atoms with Gasteiger partial charge in [0.2, 0.25) is 0 Å². The summed E-state index contributed by atoms with van der Waals surface area (Å²) in [5.74, 6) is -1.03. The maximum Gasteiger partial charge on any atom is 0.317 e. The molecule has 1 fully saturated rings. The van der Waals surface area contributed by atoms with E-state index in [9.17, 15) is 13.6 Å². The lowest BCUT2D eigenvalue weighted by atomic mass is 9.61. The minimum Gasteiger partial charge on any atom is -0.468 e. The molecule has 0 aliphatic heterocycles. The van der Waals surface area contributed by atoms with Crippen LogP contribution in [-0.2, 0) is 9.53 Å². The number of ether oxygens (including phenoxy) is 1. The zero-order chi connectivity index (χ0) is 9.35. The first-order valence-corrected chi connectivity index (χ1v) is 3.92. The van der Waals surface area contributed by atoms with Crippen molar-refractivity contribution in [2.24, 2.45) is 11.3 Å². The molecule has 0 spiro atoms. The van der Waals surface area contributed by atoms with Crippen molar-refractivity contribution in [3.05, 3.63) is 0 Å². The first kappa shape index (κ1) is 9.42. The van der Waals surface area contributed by atoms with Crippen LogP contribution in [0.5, 0.6) is 0 Å². The predicted molar refractivity (Wildman–Crippen MR) is 38.9 cm³/mol. The molecular weight excluding hydrogens is 166 g/mol. The first-order chi connectivity index (χ1) is 5.55. The van der Waals surface area contributed by atoms with Crippen LogP contribution in [-0.4, -0.2) is 19.5 Å². The molecule has 0 N–H and O–H groups in total. The van der Waals surface area contributed by atoms with Crippen molar-refractivity contribution in [2.45, 2.75) is 26.2 Å². The third kappa shape index (κ3) is 1.01. The van der Waals surface area contributed by atoms with E-state index >= 15 is 0 Å². The molecule has 0 amide bonds. The Bertz CT molecular complexity index is 187. The fraction of sp³-hybridized carbons (Fsp3) is 0.875. The molecule has 2 atom stereocenters. The lowest BCUT2D eigenvalue weighted by molar-refractivity contribution is -0.183. The summed E-state index contributed by atoms with van der Waals surface area (Å²) >= 11 is 0. The average Bonchev–Trinajstić information content (AvgIpc) is 2.01. The highest BCUT2D eigenvalue weighted by Crippen LogP contribution is 2.51. The Morgan fingerprint density at radius 2 is 2.25 bits per heavy atom. The van der Waals surface area contributed by atoms with Crippen LogP contribution in [0, 0.1) is 11.3 Å². The van der Waals surface area contributed by atoms with Gasteiger partial charge in [0, 0.05) is 0 Å². The molecule has 1 saturated carbocycles. The van der Waals surface area contributed by atoms with Gasteiger partial charge in [-0.3, -0.25) is 4.79 Å². The van der Waals surface area contributed by atoms with Crippen molar-refractivity contribution < 1.29 is 18.3 Å². The molecule has 0 aromatic rings. The molecule has 0 radical (unpaired) electrons. The standard InChI is InChI=1S/C8H12F2O2/c1-5-3-4-8(5,6(9)10)7(11)12-2/h5-6H,3-4H2,1-2H3. The topological polar surface area (TPSA) is 26.3 Å². The summed E-state index contributed by atoms with van der Waals surface area (Å²) in [6.45, 7) is 1.66. The minimum atomic E-state index is -2.60. The maximum atomic E-state index is 12.5. The molecular formula is C8H12F2O2. The Balaban J connectivity index is 2.81. The van der Waals surface area contributed by atoms with Gasteiger partial charge in [-0.15, -0.1) is 0 Å². The van der Waals surface area contributed by atoms with Crippen LogP contribution < -0.4 is 0 Å². The molecule has 0 saturated heterocycles. The van der Waals surface area contributed by atoms with Crippen molar-refractivity contribution >= 4 is 5.97 Å². The van der Waals surface area contributed by atoms with E-state index in [0.717, 1.165) is 7.11 Å². The van der Waals surface area contributed by atoms with Gasteiger partial charge in [-0.2, -0.15) is 0 Å². The SMILES string of the molecule is COC(=O)C1(C(F)F)CCC1C. The fourth-order valence-electron chi connectivity index (χ4n) is 1.65. The van der Waals surface area contributed by atoms with Gasteiger partial charge in [-0.1, -0.05) is 6.92 Å². The van der Waals surface area contributed by atoms with Gasteiger partial charge in [0.05, 0.1) is 7.11 Å². The second-order valence-electron chi connectivity index (χ2n) is 3.27. The van der Waals surface area contributed by atoms with Crippen molar-refractivity contribution in [1.29, 1.82) is 0 Å².